The number of hydrogen-bond donors (Lipinski definition) is 1. The molecule has 6 rings (SSSR count). The average molecular weight is 610 g/mol. The number of aryl methyl sites for hydroxylation is 1. The van der Waals surface area contributed by atoms with Crippen molar-refractivity contribution in [2.45, 2.75) is 130 Å². The molecule has 1 saturated heterocycles. The highest BCUT2D eigenvalue weighted by atomic mass is 32.2. The van der Waals surface area contributed by atoms with E-state index in [0.717, 1.165) is 37.3 Å². The summed E-state index contributed by atoms with van der Waals surface area (Å²) < 4.78 is 33.0. The van der Waals surface area contributed by atoms with E-state index < -0.39 is 10.1 Å². The van der Waals surface area contributed by atoms with Crippen molar-refractivity contribution in [2.24, 2.45) is 51.2 Å². The van der Waals surface area contributed by atoms with Gasteiger partial charge in [-0.2, -0.15) is 8.42 Å². The minimum absolute atomic E-state index is 0.109. The second-order valence-electron chi connectivity index (χ2n) is 17.2. The van der Waals surface area contributed by atoms with E-state index in [4.69, 9.17) is 4.18 Å². The molecule has 1 heterocycles. The zero-order chi connectivity index (χ0) is 31.1. The zero-order valence-electron chi connectivity index (χ0n) is 28.2. The van der Waals surface area contributed by atoms with Crippen molar-refractivity contribution < 1.29 is 12.6 Å². The summed E-state index contributed by atoms with van der Waals surface area (Å²) in [5.41, 5.74) is 3.30. The van der Waals surface area contributed by atoms with Crippen LogP contribution in [0.4, 0.5) is 0 Å². The van der Waals surface area contributed by atoms with Crippen LogP contribution >= 0.6 is 0 Å². The summed E-state index contributed by atoms with van der Waals surface area (Å²) >= 11 is 0. The first kappa shape index (κ1) is 31.8. The fraction of sp³-hybridized carbons (Fsp3) is 0.789. The molecule has 43 heavy (non-hydrogen) atoms. The standard InChI is InChI=1S/C38H59NO3S/c1-26(2)29-11-9-20-38(25-42-43(40,41)28-14-12-27(3)13-15-28)23-22-36(7)30(33(29)38)16-17-32-35(6)19-10-24-39-34(4,5)31(35)18-21-37(32,36)8/h12-15,29-33,39H,1,9-11,16-25H2,2-8H3/t29-,30-,31-,32+,33+,35-,36+,37+,38+/m0/s1. The Balaban J connectivity index is 1.35. The fourth-order valence-corrected chi connectivity index (χ4v) is 13.6. The number of fused-ring (bicyclic) bond motifs is 7. The molecule has 240 valence electrons. The van der Waals surface area contributed by atoms with Crippen LogP contribution in [0.25, 0.3) is 0 Å². The van der Waals surface area contributed by atoms with Crippen LogP contribution in [0.2, 0.25) is 0 Å². The summed E-state index contributed by atoms with van der Waals surface area (Å²) in [4.78, 5) is 0.276. The second kappa shape index (κ2) is 10.7. The third kappa shape index (κ3) is 4.84. The molecular weight excluding hydrogens is 550 g/mol. The molecule has 9 atom stereocenters. The summed E-state index contributed by atoms with van der Waals surface area (Å²) in [6.07, 6.45) is 13.4. The Labute approximate surface area is 263 Å². The van der Waals surface area contributed by atoms with E-state index in [2.05, 4.69) is 53.4 Å². The van der Waals surface area contributed by atoms with E-state index >= 15 is 0 Å². The number of nitrogens with one attached hydrogen (secondary N) is 1. The minimum Gasteiger partial charge on any atom is -0.311 e. The first-order valence-electron chi connectivity index (χ1n) is 17.5. The molecule has 0 unspecified atom stereocenters. The van der Waals surface area contributed by atoms with Gasteiger partial charge in [0.2, 0.25) is 0 Å². The van der Waals surface area contributed by atoms with Gasteiger partial charge >= 0.3 is 0 Å². The lowest BCUT2D eigenvalue weighted by Gasteiger charge is -2.72. The highest BCUT2D eigenvalue weighted by molar-refractivity contribution is 7.86. The topological polar surface area (TPSA) is 55.4 Å². The van der Waals surface area contributed by atoms with E-state index in [1.165, 1.54) is 56.9 Å². The quantitative estimate of drug-likeness (QED) is 0.267. The third-order valence-electron chi connectivity index (χ3n) is 14.9. The molecule has 4 saturated carbocycles. The van der Waals surface area contributed by atoms with Gasteiger partial charge in [-0.15, -0.1) is 0 Å². The van der Waals surface area contributed by atoms with E-state index in [-0.39, 0.29) is 21.3 Å². The average Bonchev–Trinajstić information content (AvgIpc) is 3.06. The third-order valence-corrected chi connectivity index (χ3v) is 16.2. The van der Waals surface area contributed by atoms with Gasteiger partial charge in [-0.3, -0.25) is 4.18 Å². The van der Waals surface area contributed by atoms with Gasteiger partial charge in [-0.25, -0.2) is 0 Å². The molecule has 0 aromatic heterocycles. The lowest BCUT2D eigenvalue weighted by atomic mass is 9.32. The van der Waals surface area contributed by atoms with Crippen LogP contribution < -0.4 is 5.32 Å². The van der Waals surface area contributed by atoms with Crippen molar-refractivity contribution in [2.75, 3.05) is 13.2 Å². The highest BCUT2D eigenvalue weighted by Gasteiger charge is 2.69. The lowest BCUT2D eigenvalue weighted by molar-refractivity contribution is -0.237. The van der Waals surface area contributed by atoms with Crippen molar-refractivity contribution in [3.8, 4) is 0 Å². The Morgan fingerprint density at radius 3 is 2.30 bits per heavy atom. The highest BCUT2D eigenvalue weighted by Crippen LogP contribution is 2.76. The largest absolute Gasteiger partial charge is 0.311 e. The van der Waals surface area contributed by atoms with Crippen LogP contribution in [0.5, 0.6) is 0 Å². The summed E-state index contributed by atoms with van der Waals surface area (Å²) in [6.45, 7) is 23.2. The Kier molecular flexibility index (Phi) is 7.91. The first-order chi connectivity index (χ1) is 20.1. The lowest BCUT2D eigenvalue weighted by Crippen LogP contribution is -2.67. The maximum Gasteiger partial charge on any atom is 0.296 e. The SMILES string of the molecule is C=C(C)[C@@H]1CCC[C@]2(COS(=O)(=O)c3ccc(C)cc3)CC[C@]3(C)[C@@H](CC[C@@H]4[C@@]5(C)CCCNC(C)(C)[C@@H]5CC[C@]43C)[C@@H]12. The molecule has 0 amide bonds. The maximum atomic E-state index is 13.5. The summed E-state index contributed by atoms with van der Waals surface area (Å²) in [7, 11) is -3.81. The van der Waals surface area contributed by atoms with Crippen LogP contribution in [0.1, 0.15) is 118 Å². The van der Waals surface area contributed by atoms with Crippen LogP contribution in [0.3, 0.4) is 0 Å². The molecule has 1 aromatic rings. The van der Waals surface area contributed by atoms with Crippen LogP contribution in [0.15, 0.2) is 41.3 Å². The number of hydrogen-bond acceptors (Lipinski definition) is 4. The molecular formula is C38H59NO3S. The molecule has 1 N–H and O–H groups in total. The summed E-state index contributed by atoms with van der Waals surface area (Å²) in [5.74, 6) is 2.89. The maximum absolute atomic E-state index is 13.5. The molecule has 4 nitrogen and oxygen atoms in total. The predicted octanol–water partition coefficient (Wildman–Crippen LogP) is 9.09. The normalized spacial score (nSPS) is 44.2. The molecule has 5 heteroatoms. The van der Waals surface area contributed by atoms with Crippen LogP contribution in [-0.2, 0) is 14.3 Å². The van der Waals surface area contributed by atoms with Crippen molar-refractivity contribution in [1.29, 1.82) is 0 Å². The molecule has 1 aromatic carbocycles. The molecule has 5 aliphatic rings. The molecule has 1 aliphatic heterocycles. The van der Waals surface area contributed by atoms with Gasteiger partial charge in [-0.05, 0) is 162 Å². The van der Waals surface area contributed by atoms with Crippen molar-refractivity contribution in [1.82, 2.24) is 5.32 Å². The molecule has 0 bridgehead atoms. The summed E-state index contributed by atoms with van der Waals surface area (Å²) in [6, 6.07) is 7.11. The van der Waals surface area contributed by atoms with Crippen LogP contribution in [-0.4, -0.2) is 27.1 Å². The smallest absolute Gasteiger partial charge is 0.296 e. The molecule has 0 radical (unpaired) electrons. The van der Waals surface area contributed by atoms with Gasteiger partial charge in [0.1, 0.15) is 0 Å². The minimum atomic E-state index is -3.81. The van der Waals surface area contributed by atoms with Crippen LogP contribution in [0, 0.1) is 58.2 Å². The van der Waals surface area contributed by atoms with E-state index in [0.29, 0.717) is 41.1 Å². The predicted molar refractivity (Wildman–Crippen MR) is 176 cm³/mol. The molecule has 4 aliphatic carbocycles. The van der Waals surface area contributed by atoms with Gasteiger partial charge in [0, 0.05) is 5.54 Å². The van der Waals surface area contributed by atoms with E-state index in [9.17, 15) is 8.42 Å². The monoisotopic (exact) mass is 609 g/mol. The Bertz CT molecular complexity index is 1340. The Morgan fingerprint density at radius 2 is 1.60 bits per heavy atom. The molecule has 5 fully saturated rings. The van der Waals surface area contributed by atoms with Gasteiger partial charge in [0.15, 0.2) is 0 Å². The van der Waals surface area contributed by atoms with Crippen molar-refractivity contribution in [3.63, 3.8) is 0 Å². The van der Waals surface area contributed by atoms with Gasteiger partial charge in [-0.1, -0.05) is 57.0 Å². The Morgan fingerprint density at radius 1 is 0.884 bits per heavy atom. The van der Waals surface area contributed by atoms with Gasteiger partial charge in [0.05, 0.1) is 11.5 Å². The van der Waals surface area contributed by atoms with E-state index in [1.54, 1.807) is 12.1 Å². The van der Waals surface area contributed by atoms with E-state index in [1.807, 2.05) is 19.1 Å². The number of benzene rings is 1. The van der Waals surface area contributed by atoms with Crippen molar-refractivity contribution >= 4 is 10.1 Å². The van der Waals surface area contributed by atoms with Gasteiger partial charge in [0.25, 0.3) is 10.1 Å². The van der Waals surface area contributed by atoms with Gasteiger partial charge < -0.3 is 5.32 Å². The second-order valence-corrected chi connectivity index (χ2v) is 18.8. The fourth-order valence-electron chi connectivity index (χ4n) is 12.6. The first-order valence-corrected chi connectivity index (χ1v) is 18.9. The number of rotatable bonds is 5. The zero-order valence-corrected chi connectivity index (χ0v) is 29.0. The summed E-state index contributed by atoms with van der Waals surface area (Å²) in [5, 5.41) is 3.95. The molecule has 0 spiro atoms. The van der Waals surface area contributed by atoms with Crippen molar-refractivity contribution in [3.05, 3.63) is 42.0 Å². The Hall–Kier alpha value is -1.17. The number of allylic oxidation sites excluding steroid dienone is 1.